The third kappa shape index (κ3) is 6.08. The van der Waals surface area contributed by atoms with Gasteiger partial charge in [-0.25, -0.2) is 0 Å². The van der Waals surface area contributed by atoms with Crippen molar-refractivity contribution >= 4 is 0 Å². The van der Waals surface area contributed by atoms with Gasteiger partial charge in [-0.05, 0) is 25.9 Å². The van der Waals surface area contributed by atoms with Crippen LogP contribution in [-0.2, 0) is 4.74 Å². The fourth-order valence-corrected chi connectivity index (χ4v) is 2.83. The van der Waals surface area contributed by atoms with Crippen LogP contribution in [0, 0.1) is 0 Å². The molecule has 2 fully saturated rings. The van der Waals surface area contributed by atoms with Crippen LogP contribution >= 0.6 is 0 Å². The molecule has 0 radical (unpaired) electrons. The monoisotopic (exact) mass is 287 g/mol. The molecule has 0 bridgehead atoms. The maximum absolute atomic E-state index is 5.92. The molecule has 4 heteroatoms. The second-order valence-corrected chi connectivity index (χ2v) is 5.49. The third-order valence-electron chi connectivity index (χ3n) is 4.26. The zero-order valence-corrected chi connectivity index (χ0v) is 14.0. The number of likely N-dealkylation sites (N-methyl/N-ethyl adjacent to an activating group) is 1. The van der Waals surface area contributed by atoms with Crippen molar-refractivity contribution in [1.82, 2.24) is 15.1 Å². The molecule has 0 atom stereocenters. The van der Waals surface area contributed by atoms with E-state index in [9.17, 15) is 0 Å². The Balaban J connectivity index is 0.00000128. The van der Waals surface area contributed by atoms with Crippen LogP contribution < -0.4 is 5.32 Å². The predicted octanol–water partition coefficient (Wildman–Crippen LogP) is 2.05. The molecule has 0 aromatic heterocycles. The normalized spacial score (nSPS) is 27.6. The van der Waals surface area contributed by atoms with Gasteiger partial charge in [0, 0.05) is 40.2 Å². The fourth-order valence-electron chi connectivity index (χ4n) is 2.83. The van der Waals surface area contributed by atoms with Crippen molar-refractivity contribution in [3.8, 4) is 0 Å². The first-order valence-corrected chi connectivity index (χ1v) is 8.61. The molecule has 1 saturated heterocycles. The van der Waals surface area contributed by atoms with Crippen molar-refractivity contribution in [3.63, 3.8) is 0 Å². The van der Waals surface area contributed by atoms with E-state index in [1.807, 2.05) is 13.8 Å². The molecule has 4 nitrogen and oxygen atoms in total. The topological polar surface area (TPSA) is 27.7 Å². The van der Waals surface area contributed by atoms with Crippen LogP contribution in [0.2, 0.25) is 0 Å². The number of hydrogen-bond donors (Lipinski definition) is 1. The summed E-state index contributed by atoms with van der Waals surface area (Å²) in [6.45, 7) is 17.6. The van der Waals surface area contributed by atoms with Crippen LogP contribution in [0.15, 0.2) is 0 Å². The number of nitrogens with one attached hydrogen (secondary N) is 1. The van der Waals surface area contributed by atoms with E-state index in [1.165, 1.54) is 45.6 Å². The van der Waals surface area contributed by atoms with Crippen molar-refractivity contribution in [2.75, 3.05) is 52.4 Å². The molecule has 1 aliphatic carbocycles. The number of nitrogens with zero attached hydrogens (tertiary/aromatic N) is 2. The Morgan fingerprint density at radius 3 is 2.20 bits per heavy atom. The molecular weight excluding hydrogens is 250 g/mol. The summed E-state index contributed by atoms with van der Waals surface area (Å²) in [7, 11) is 0. The molecule has 0 aromatic carbocycles. The Hall–Kier alpha value is -0.160. The molecule has 122 valence electrons. The van der Waals surface area contributed by atoms with E-state index in [4.69, 9.17) is 4.74 Å². The van der Waals surface area contributed by atoms with Crippen molar-refractivity contribution in [3.05, 3.63) is 0 Å². The summed E-state index contributed by atoms with van der Waals surface area (Å²) in [5.74, 6) is 0. The van der Waals surface area contributed by atoms with Crippen LogP contribution in [0.25, 0.3) is 0 Å². The highest BCUT2D eigenvalue weighted by Gasteiger charge is 2.28. The number of hydrogen-bond acceptors (Lipinski definition) is 4. The summed E-state index contributed by atoms with van der Waals surface area (Å²) in [6, 6.07) is 0.716. The van der Waals surface area contributed by atoms with E-state index in [2.05, 4.69) is 29.0 Å². The number of rotatable bonds is 7. The lowest BCUT2D eigenvalue weighted by atomic mass is 9.89. The number of piperazine rings is 1. The van der Waals surface area contributed by atoms with E-state index >= 15 is 0 Å². The molecule has 1 heterocycles. The molecule has 1 N–H and O–H groups in total. The van der Waals surface area contributed by atoms with Gasteiger partial charge in [0.25, 0.3) is 0 Å². The summed E-state index contributed by atoms with van der Waals surface area (Å²) in [4.78, 5) is 5.05. The Bertz CT molecular complexity index is 230. The van der Waals surface area contributed by atoms with Gasteiger partial charge in [-0.2, -0.15) is 0 Å². The molecule has 0 amide bonds. The van der Waals surface area contributed by atoms with Gasteiger partial charge in [-0.15, -0.1) is 0 Å². The average Bonchev–Trinajstić information content (AvgIpc) is 2.47. The van der Waals surface area contributed by atoms with E-state index in [0.29, 0.717) is 12.1 Å². The zero-order valence-electron chi connectivity index (χ0n) is 14.0. The van der Waals surface area contributed by atoms with Crippen LogP contribution in [0.4, 0.5) is 0 Å². The Morgan fingerprint density at radius 2 is 1.65 bits per heavy atom. The van der Waals surface area contributed by atoms with Gasteiger partial charge in [-0.1, -0.05) is 27.7 Å². The minimum atomic E-state index is 0. The van der Waals surface area contributed by atoms with E-state index in [1.54, 1.807) is 0 Å². The molecule has 2 rings (SSSR count). The summed E-state index contributed by atoms with van der Waals surface area (Å²) in [6.07, 6.45) is 2.93. The Labute approximate surface area is 127 Å². The summed E-state index contributed by atoms with van der Waals surface area (Å²) in [5, 5.41) is 3.47. The van der Waals surface area contributed by atoms with Gasteiger partial charge in [0.05, 0.1) is 12.7 Å². The first-order chi connectivity index (χ1) is 9.81. The second-order valence-electron chi connectivity index (χ2n) is 5.49. The maximum Gasteiger partial charge on any atom is 0.0605 e. The smallest absolute Gasteiger partial charge is 0.0605 e. The van der Waals surface area contributed by atoms with E-state index < -0.39 is 0 Å². The van der Waals surface area contributed by atoms with E-state index in [-0.39, 0.29) is 1.43 Å². The standard InChI is InChI=1S/C14H29N3O.C2H6.H2/c1-3-15-13-11-14(12-13)18-10-9-17-7-5-16(4-2)6-8-17;1-2;/h13-15H,3-12H2,1-2H3;1-2H3;1H. The Kier molecular flexibility index (Phi) is 9.44. The van der Waals surface area contributed by atoms with Gasteiger partial charge in [-0.3, -0.25) is 4.90 Å². The SMILES string of the molecule is CC.CCNC1CC(OCCN2CCN(CC)CC2)C1.[HH]. The van der Waals surface area contributed by atoms with Crippen LogP contribution in [0.1, 0.15) is 42.0 Å². The highest BCUT2D eigenvalue weighted by molar-refractivity contribution is 4.85. The van der Waals surface area contributed by atoms with Gasteiger partial charge < -0.3 is 15.0 Å². The average molecular weight is 287 g/mol. The minimum absolute atomic E-state index is 0. The van der Waals surface area contributed by atoms with Crippen molar-refractivity contribution in [2.45, 2.75) is 52.7 Å². The molecule has 0 spiro atoms. The lowest BCUT2D eigenvalue weighted by molar-refractivity contribution is -0.0272. The van der Waals surface area contributed by atoms with Gasteiger partial charge >= 0.3 is 0 Å². The van der Waals surface area contributed by atoms with Crippen LogP contribution in [-0.4, -0.2) is 74.4 Å². The van der Waals surface area contributed by atoms with Gasteiger partial charge in [0.1, 0.15) is 0 Å². The zero-order chi connectivity index (χ0) is 14.8. The molecule has 20 heavy (non-hydrogen) atoms. The maximum atomic E-state index is 5.92. The molecule has 0 unspecified atom stereocenters. The lowest BCUT2D eigenvalue weighted by Gasteiger charge is -2.37. The van der Waals surface area contributed by atoms with Gasteiger partial charge in [0.15, 0.2) is 0 Å². The minimum Gasteiger partial charge on any atom is -0.377 e. The molecule has 1 aliphatic heterocycles. The van der Waals surface area contributed by atoms with Gasteiger partial charge in [0.2, 0.25) is 0 Å². The first-order valence-electron chi connectivity index (χ1n) is 8.61. The lowest BCUT2D eigenvalue weighted by Crippen LogP contribution is -2.48. The molecule has 0 aromatic rings. The van der Waals surface area contributed by atoms with Crippen LogP contribution in [0.3, 0.4) is 0 Å². The van der Waals surface area contributed by atoms with Crippen molar-refractivity contribution < 1.29 is 6.16 Å². The second kappa shape index (κ2) is 10.6. The predicted molar refractivity (Wildman–Crippen MR) is 88.5 cm³/mol. The third-order valence-corrected chi connectivity index (χ3v) is 4.26. The van der Waals surface area contributed by atoms with Crippen molar-refractivity contribution in [1.29, 1.82) is 0 Å². The van der Waals surface area contributed by atoms with E-state index in [0.717, 1.165) is 19.7 Å². The summed E-state index contributed by atoms with van der Waals surface area (Å²) in [5.41, 5.74) is 0. The molecule has 1 saturated carbocycles. The Morgan fingerprint density at radius 1 is 1.05 bits per heavy atom. The number of ether oxygens (including phenoxy) is 1. The molecule has 2 aliphatic rings. The van der Waals surface area contributed by atoms with Crippen LogP contribution in [0.5, 0.6) is 0 Å². The van der Waals surface area contributed by atoms with Crippen molar-refractivity contribution in [2.24, 2.45) is 0 Å². The highest BCUT2D eigenvalue weighted by atomic mass is 16.5. The molecular formula is C16H37N3O. The summed E-state index contributed by atoms with van der Waals surface area (Å²) < 4.78 is 5.92. The summed E-state index contributed by atoms with van der Waals surface area (Å²) >= 11 is 0. The quantitative estimate of drug-likeness (QED) is 0.776. The fraction of sp³-hybridized carbons (Fsp3) is 1.00. The first kappa shape index (κ1) is 17.9. The highest BCUT2D eigenvalue weighted by Crippen LogP contribution is 2.23. The largest absolute Gasteiger partial charge is 0.377 e.